The maximum Gasteiger partial charge on any atom is 0.217 e. The fourth-order valence-corrected chi connectivity index (χ4v) is 2.98. The second-order valence-corrected chi connectivity index (χ2v) is 6.23. The molecule has 0 spiro atoms. The normalized spacial score (nSPS) is 10.5. The Bertz CT molecular complexity index is 795. The monoisotopic (exact) mass is 341 g/mol. The van der Waals surface area contributed by atoms with E-state index < -0.39 is 0 Å². The van der Waals surface area contributed by atoms with Crippen LogP contribution in [0.25, 0.3) is 11.5 Å². The van der Waals surface area contributed by atoms with Crippen LogP contribution < -0.4 is 10.6 Å². The van der Waals surface area contributed by atoms with Crippen LogP contribution in [0.3, 0.4) is 0 Å². The van der Waals surface area contributed by atoms with Gasteiger partial charge in [-0.05, 0) is 24.1 Å². The van der Waals surface area contributed by atoms with Crippen LogP contribution >= 0.6 is 11.3 Å². The molecule has 1 aromatic carbocycles. The van der Waals surface area contributed by atoms with Gasteiger partial charge in [0.2, 0.25) is 5.91 Å². The number of amides is 1. The van der Waals surface area contributed by atoms with Crippen LogP contribution in [0.15, 0.2) is 52.3 Å². The summed E-state index contributed by atoms with van der Waals surface area (Å²) < 4.78 is 5.71. The fraction of sp³-hybridized carbons (Fsp3) is 0.222. The van der Waals surface area contributed by atoms with E-state index in [1.165, 1.54) is 12.5 Å². The highest BCUT2D eigenvalue weighted by atomic mass is 32.1. The van der Waals surface area contributed by atoms with Gasteiger partial charge in [0.1, 0.15) is 11.5 Å². The maximum absolute atomic E-state index is 10.9. The molecule has 0 aliphatic heterocycles. The molecule has 24 heavy (non-hydrogen) atoms. The number of furan rings is 1. The van der Waals surface area contributed by atoms with Crippen LogP contribution in [0.1, 0.15) is 18.2 Å². The van der Waals surface area contributed by atoms with E-state index in [0.717, 1.165) is 23.8 Å². The van der Waals surface area contributed by atoms with Gasteiger partial charge in [-0.2, -0.15) is 0 Å². The number of carbonyl (C=O) groups excluding carboxylic acids is 1. The van der Waals surface area contributed by atoms with Crippen molar-refractivity contribution in [2.24, 2.45) is 0 Å². The molecule has 0 atom stereocenters. The molecule has 2 N–H and O–H groups in total. The first-order valence-corrected chi connectivity index (χ1v) is 8.65. The van der Waals surface area contributed by atoms with Gasteiger partial charge in [-0.3, -0.25) is 4.79 Å². The first-order valence-electron chi connectivity index (χ1n) is 7.77. The molecule has 3 aromatic rings. The molecule has 124 valence electrons. The Morgan fingerprint density at radius 3 is 2.83 bits per heavy atom. The number of hydrogen-bond donors (Lipinski definition) is 2. The number of nitrogens with one attached hydrogen (secondary N) is 2. The van der Waals surface area contributed by atoms with E-state index >= 15 is 0 Å². The molecule has 0 unspecified atom stereocenters. The summed E-state index contributed by atoms with van der Waals surface area (Å²) in [6.45, 7) is 2.71. The number of thiazole rings is 1. The van der Waals surface area contributed by atoms with Crippen LogP contribution in [-0.4, -0.2) is 17.4 Å². The molecule has 5 nitrogen and oxygen atoms in total. The quantitative estimate of drug-likeness (QED) is 0.688. The molecule has 3 rings (SSSR count). The van der Waals surface area contributed by atoms with E-state index in [0.29, 0.717) is 18.1 Å². The number of rotatable bonds is 7. The Balaban J connectivity index is 1.54. The first kappa shape index (κ1) is 16.3. The standard InChI is InChI=1S/C18H19N3O2S/c1-13(22)20-11-15-7-8-17(23-15)16-12-24-18(21-16)19-10-9-14-5-3-2-4-6-14/h2-8,12H,9-11H2,1H3,(H,19,21)(H,20,22). The van der Waals surface area contributed by atoms with Crippen LogP contribution in [0.5, 0.6) is 0 Å². The van der Waals surface area contributed by atoms with Crippen molar-refractivity contribution in [2.45, 2.75) is 19.9 Å². The SMILES string of the molecule is CC(=O)NCc1ccc(-c2csc(NCCc3ccccc3)n2)o1. The van der Waals surface area contributed by atoms with Gasteiger partial charge in [-0.15, -0.1) is 11.3 Å². The maximum atomic E-state index is 10.9. The zero-order valence-corrected chi connectivity index (χ0v) is 14.2. The van der Waals surface area contributed by atoms with Crippen molar-refractivity contribution in [3.8, 4) is 11.5 Å². The number of aromatic nitrogens is 1. The lowest BCUT2D eigenvalue weighted by Crippen LogP contribution is -2.18. The third-order valence-electron chi connectivity index (χ3n) is 3.46. The zero-order chi connectivity index (χ0) is 16.8. The Hall–Kier alpha value is -2.60. The summed E-state index contributed by atoms with van der Waals surface area (Å²) >= 11 is 1.56. The third-order valence-corrected chi connectivity index (χ3v) is 4.26. The molecule has 0 saturated heterocycles. The average molecular weight is 341 g/mol. The van der Waals surface area contributed by atoms with Gasteiger partial charge in [0.15, 0.2) is 10.9 Å². The van der Waals surface area contributed by atoms with Crippen LogP contribution in [0, 0.1) is 0 Å². The predicted octanol–water partition coefficient (Wildman–Crippen LogP) is 3.69. The van der Waals surface area contributed by atoms with Gasteiger partial charge in [-0.1, -0.05) is 30.3 Å². The van der Waals surface area contributed by atoms with Gasteiger partial charge in [0.05, 0.1) is 6.54 Å². The van der Waals surface area contributed by atoms with Crippen LogP contribution in [-0.2, 0) is 17.8 Å². The van der Waals surface area contributed by atoms with E-state index in [1.807, 2.05) is 35.7 Å². The lowest BCUT2D eigenvalue weighted by molar-refractivity contribution is -0.119. The van der Waals surface area contributed by atoms with Gasteiger partial charge >= 0.3 is 0 Å². The van der Waals surface area contributed by atoms with Gasteiger partial charge in [0.25, 0.3) is 0 Å². The molecule has 0 aliphatic rings. The largest absolute Gasteiger partial charge is 0.458 e. The number of hydrogen-bond acceptors (Lipinski definition) is 5. The van der Waals surface area contributed by atoms with Gasteiger partial charge in [0, 0.05) is 18.8 Å². The van der Waals surface area contributed by atoms with Crippen molar-refractivity contribution in [3.63, 3.8) is 0 Å². The summed E-state index contributed by atoms with van der Waals surface area (Å²) in [5, 5.41) is 8.89. The smallest absolute Gasteiger partial charge is 0.217 e. The molecule has 0 bridgehead atoms. The zero-order valence-electron chi connectivity index (χ0n) is 13.4. The van der Waals surface area contributed by atoms with Crippen molar-refractivity contribution >= 4 is 22.4 Å². The Labute approximate surface area is 144 Å². The summed E-state index contributed by atoms with van der Waals surface area (Å²) in [5.41, 5.74) is 2.10. The highest BCUT2D eigenvalue weighted by Crippen LogP contribution is 2.26. The average Bonchev–Trinajstić information content (AvgIpc) is 3.23. The summed E-state index contributed by atoms with van der Waals surface area (Å²) in [5.74, 6) is 1.35. The second kappa shape index (κ2) is 7.79. The Kier molecular flexibility index (Phi) is 5.28. The second-order valence-electron chi connectivity index (χ2n) is 5.38. The summed E-state index contributed by atoms with van der Waals surface area (Å²) in [6.07, 6.45) is 0.956. The first-order chi connectivity index (χ1) is 11.7. The molecule has 6 heteroatoms. The molecule has 2 aromatic heterocycles. The van der Waals surface area contributed by atoms with E-state index in [2.05, 4.69) is 27.8 Å². The molecule has 1 amide bonds. The Morgan fingerprint density at radius 2 is 2.04 bits per heavy atom. The van der Waals surface area contributed by atoms with Crippen molar-refractivity contribution in [1.82, 2.24) is 10.3 Å². The van der Waals surface area contributed by atoms with Crippen molar-refractivity contribution in [2.75, 3.05) is 11.9 Å². The fourth-order valence-electron chi connectivity index (χ4n) is 2.25. The van der Waals surface area contributed by atoms with Gasteiger partial charge in [-0.25, -0.2) is 4.98 Å². The molecule has 0 aliphatic carbocycles. The van der Waals surface area contributed by atoms with Crippen LogP contribution in [0.4, 0.5) is 5.13 Å². The van der Waals surface area contributed by atoms with Crippen molar-refractivity contribution in [1.29, 1.82) is 0 Å². The summed E-state index contributed by atoms with van der Waals surface area (Å²) in [4.78, 5) is 15.5. The van der Waals surface area contributed by atoms with Crippen molar-refractivity contribution < 1.29 is 9.21 Å². The highest BCUT2D eigenvalue weighted by Gasteiger charge is 2.09. The highest BCUT2D eigenvalue weighted by molar-refractivity contribution is 7.14. The van der Waals surface area contributed by atoms with E-state index in [1.54, 1.807) is 11.3 Å². The van der Waals surface area contributed by atoms with E-state index in [9.17, 15) is 4.79 Å². The minimum atomic E-state index is -0.0773. The lowest BCUT2D eigenvalue weighted by Gasteiger charge is -2.02. The molecule has 0 radical (unpaired) electrons. The predicted molar refractivity (Wildman–Crippen MR) is 96.0 cm³/mol. The van der Waals surface area contributed by atoms with Crippen molar-refractivity contribution in [3.05, 3.63) is 59.2 Å². The van der Waals surface area contributed by atoms with E-state index in [4.69, 9.17) is 4.42 Å². The third kappa shape index (κ3) is 4.45. The lowest BCUT2D eigenvalue weighted by atomic mass is 10.2. The Morgan fingerprint density at radius 1 is 1.21 bits per heavy atom. The molecular formula is C18H19N3O2S. The molecule has 0 fully saturated rings. The summed E-state index contributed by atoms with van der Waals surface area (Å²) in [6, 6.07) is 14.1. The van der Waals surface area contributed by atoms with E-state index in [-0.39, 0.29) is 5.91 Å². The molecular weight excluding hydrogens is 322 g/mol. The number of anilines is 1. The number of carbonyl (C=O) groups is 1. The summed E-state index contributed by atoms with van der Waals surface area (Å²) in [7, 11) is 0. The van der Waals surface area contributed by atoms with Crippen LogP contribution in [0.2, 0.25) is 0 Å². The number of benzene rings is 1. The minimum absolute atomic E-state index is 0.0773. The number of nitrogens with zero attached hydrogens (tertiary/aromatic N) is 1. The molecule has 2 heterocycles. The van der Waals surface area contributed by atoms with Gasteiger partial charge < -0.3 is 15.1 Å². The minimum Gasteiger partial charge on any atom is -0.458 e. The topological polar surface area (TPSA) is 67.2 Å². The molecule has 0 saturated carbocycles.